The van der Waals surface area contributed by atoms with Gasteiger partial charge in [-0.05, 0) is 66.4 Å². The molecule has 9 heteroatoms. The monoisotopic (exact) mass is 554 g/mol. The van der Waals surface area contributed by atoms with E-state index in [1.165, 1.54) is 4.57 Å². The van der Waals surface area contributed by atoms with Crippen LogP contribution in [-0.4, -0.2) is 33.7 Å². The Labute approximate surface area is 235 Å². The zero-order chi connectivity index (χ0) is 28.4. The molecule has 5 rings (SSSR count). The van der Waals surface area contributed by atoms with Gasteiger partial charge in [0.15, 0.2) is 0 Å². The van der Waals surface area contributed by atoms with Crippen LogP contribution < -0.4 is 16.0 Å². The third kappa shape index (κ3) is 5.48. The smallest absolute Gasteiger partial charge is 0.416 e. The van der Waals surface area contributed by atoms with E-state index in [1.807, 2.05) is 56.3 Å². The molecule has 202 valence electrons. The van der Waals surface area contributed by atoms with Crippen molar-refractivity contribution in [2.24, 2.45) is 0 Å². The van der Waals surface area contributed by atoms with Gasteiger partial charge in [-0.1, -0.05) is 66.2 Å². The van der Waals surface area contributed by atoms with E-state index in [0.29, 0.717) is 33.9 Å². The fourth-order valence-corrected chi connectivity index (χ4v) is 5.11. The Morgan fingerprint density at radius 2 is 1.62 bits per heavy atom. The number of anilines is 2. The van der Waals surface area contributed by atoms with Crippen LogP contribution in [0, 0.1) is 6.92 Å². The van der Waals surface area contributed by atoms with Gasteiger partial charge >= 0.3 is 12.1 Å². The molecule has 0 aliphatic rings. The van der Waals surface area contributed by atoms with Crippen molar-refractivity contribution in [2.75, 3.05) is 10.6 Å². The Bertz CT molecular complexity index is 1760. The van der Waals surface area contributed by atoms with E-state index in [4.69, 9.17) is 11.6 Å². The predicted octanol–water partition coefficient (Wildman–Crippen LogP) is 7.29. The fourth-order valence-electron chi connectivity index (χ4n) is 4.84. The van der Waals surface area contributed by atoms with Gasteiger partial charge in [0.1, 0.15) is 0 Å². The number of amides is 3. The number of aryl methyl sites for hydroxylation is 1. The summed E-state index contributed by atoms with van der Waals surface area (Å²) in [5.74, 6) is -0.371. The first-order valence-corrected chi connectivity index (χ1v) is 13.1. The maximum absolute atomic E-state index is 13.5. The summed E-state index contributed by atoms with van der Waals surface area (Å²) < 4.78 is 1.18. The van der Waals surface area contributed by atoms with Gasteiger partial charge in [0, 0.05) is 17.6 Å². The van der Waals surface area contributed by atoms with Gasteiger partial charge in [-0.3, -0.25) is 9.36 Å². The van der Waals surface area contributed by atoms with Crippen LogP contribution in [0.15, 0.2) is 85.1 Å². The van der Waals surface area contributed by atoms with Crippen LogP contribution in [-0.2, 0) is 6.42 Å². The van der Waals surface area contributed by atoms with Crippen LogP contribution in [0.25, 0.3) is 21.7 Å². The quantitative estimate of drug-likeness (QED) is 0.176. The number of para-hydroxylation sites is 2. The second-order valence-corrected chi connectivity index (χ2v) is 10.1. The number of carboxylic acid groups (broad SMARTS) is 1. The molecule has 8 nitrogen and oxygen atoms in total. The van der Waals surface area contributed by atoms with E-state index in [2.05, 4.69) is 16.0 Å². The first kappa shape index (κ1) is 26.8. The second-order valence-electron chi connectivity index (χ2n) is 9.66. The van der Waals surface area contributed by atoms with Crippen LogP contribution in [0.5, 0.6) is 0 Å². The van der Waals surface area contributed by atoms with Gasteiger partial charge in [0.25, 0.3) is 5.91 Å². The van der Waals surface area contributed by atoms with Crippen LogP contribution in [0.1, 0.15) is 28.4 Å². The van der Waals surface area contributed by atoms with Crippen LogP contribution >= 0.6 is 11.6 Å². The summed E-state index contributed by atoms with van der Waals surface area (Å²) in [4.78, 5) is 38.2. The van der Waals surface area contributed by atoms with Crippen molar-refractivity contribution in [3.8, 4) is 0 Å². The highest BCUT2D eigenvalue weighted by atomic mass is 35.5. The zero-order valence-electron chi connectivity index (χ0n) is 21.9. The molecule has 4 N–H and O–H groups in total. The molecule has 1 heterocycles. The summed E-state index contributed by atoms with van der Waals surface area (Å²) in [6.07, 6.45) is 0.922. The number of benzene rings is 4. The van der Waals surface area contributed by atoms with Gasteiger partial charge in [0.05, 0.1) is 27.5 Å². The van der Waals surface area contributed by atoms with Crippen molar-refractivity contribution in [2.45, 2.75) is 26.3 Å². The molecule has 0 saturated carbocycles. The van der Waals surface area contributed by atoms with Gasteiger partial charge in [-0.25, -0.2) is 9.59 Å². The third-order valence-corrected chi connectivity index (χ3v) is 7.06. The van der Waals surface area contributed by atoms with Crippen molar-refractivity contribution in [3.05, 3.63) is 107 Å². The minimum Gasteiger partial charge on any atom is -0.464 e. The van der Waals surface area contributed by atoms with Crippen LogP contribution in [0.3, 0.4) is 0 Å². The Kier molecular flexibility index (Phi) is 7.44. The van der Waals surface area contributed by atoms with Crippen molar-refractivity contribution in [1.82, 2.24) is 9.88 Å². The Morgan fingerprint density at radius 1 is 0.925 bits per heavy atom. The van der Waals surface area contributed by atoms with E-state index < -0.39 is 12.1 Å². The van der Waals surface area contributed by atoms with Gasteiger partial charge in [0.2, 0.25) is 0 Å². The lowest BCUT2D eigenvalue weighted by molar-refractivity contribution is 0.0941. The molecule has 0 bridgehead atoms. The average Bonchev–Trinajstić information content (AvgIpc) is 3.29. The fraction of sp³-hybridized carbons (Fsp3) is 0.129. The van der Waals surface area contributed by atoms with E-state index in [0.717, 1.165) is 27.3 Å². The molecular formula is C31H27ClN4O4. The highest BCUT2D eigenvalue weighted by Gasteiger charge is 2.20. The zero-order valence-corrected chi connectivity index (χ0v) is 22.6. The SMILES string of the molecule is Cc1cccc(Cl)c1NC(=O)Nc1cc2ccccc2cc1C(=O)N[C@H](C)Cc1cn(C(=O)O)c2ccccc12. The number of hydrogen-bond acceptors (Lipinski definition) is 3. The molecule has 0 aliphatic heterocycles. The summed E-state index contributed by atoms with van der Waals surface area (Å²) in [7, 11) is 0. The lowest BCUT2D eigenvalue weighted by atomic mass is 10.0. The maximum atomic E-state index is 13.5. The van der Waals surface area contributed by atoms with E-state index in [9.17, 15) is 19.5 Å². The van der Waals surface area contributed by atoms with Crippen LogP contribution in [0.2, 0.25) is 5.02 Å². The van der Waals surface area contributed by atoms with Crippen molar-refractivity contribution < 1.29 is 19.5 Å². The van der Waals surface area contributed by atoms with Gasteiger partial charge < -0.3 is 21.1 Å². The molecule has 3 amide bonds. The first-order valence-electron chi connectivity index (χ1n) is 12.7. The number of aromatic nitrogens is 1. The largest absolute Gasteiger partial charge is 0.464 e. The first-order chi connectivity index (χ1) is 19.2. The van der Waals surface area contributed by atoms with Crippen molar-refractivity contribution in [3.63, 3.8) is 0 Å². The van der Waals surface area contributed by atoms with Crippen molar-refractivity contribution in [1.29, 1.82) is 0 Å². The normalized spacial score (nSPS) is 11.8. The number of carbonyl (C=O) groups excluding carboxylic acids is 2. The molecule has 0 spiro atoms. The molecule has 1 atom stereocenters. The summed E-state index contributed by atoms with van der Waals surface area (Å²) >= 11 is 6.27. The Hall–Kier alpha value is -4.82. The maximum Gasteiger partial charge on any atom is 0.416 e. The number of halogens is 1. The number of carbonyl (C=O) groups is 3. The number of rotatable bonds is 6. The molecule has 4 aromatic carbocycles. The molecule has 1 aromatic heterocycles. The third-order valence-electron chi connectivity index (χ3n) is 6.74. The topological polar surface area (TPSA) is 112 Å². The number of nitrogens with one attached hydrogen (secondary N) is 3. The average molecular weight is 555 g/mol. The highest BCUT2D eigenvalue weighted by molar-refractivity contribution is 6.34. The molecule has 0 radical (unpaired) electrons. The molecule has 0 unspecified atom stereocenters. The number of hydrogen-bond donors (Lipinski definition) is 4. The van der Waals surface area contributed by atoms with Crippen LogP contribution in [0.4, 0.5) is 21.0 Å². The molecular weight excluding hydrogens is 528 g/mol. The standard InChI is InChI=1S/C31H27ClN4O4/c1-18-8-7-12-25(32)28(18)35-30(38)34-26-16-21-10-4-3-9-20(21)15-24(26)29(37)33-19(2)14-22-17-36(31(39)40)27-13-6-5-11-23(22)27/h3-13,15-17,19H,14H2,1-2H3,(H,33,37)(H,39,40)(H2,34,35,38)/t19-/m1/s1. The second kappa shape index (κ2) is 11.1. The summed E-state index contributed by atoms with van der Waals surface area (Å²) in [6, 6.07) is 22.8. The highest BCUT2D eigenvalue weighted by Crippen LogP contribution is 2.28. The molecule has 5 aromatic rings. The molecule has 0 aliphatic carbocycles. The minimum absolute atomic E-state index is 0.296. The molecule has 0 saturated heterocycles. The lowest BCUT2D eigenvalue weighted by Gasteiger charge is -2.18. The molecule has 0 fully saturated rings. The number of fused-ring (bicyclic) bond motifs is 2. The lowest BCUT2D eigenvalue weighted by Crippen LogP contribution is -2.35. The summed E-state index contributed by atoms with van der Waals surface area (Å²) in [5.41, 5.74) is 3.32. The van der Waals surface area contributed by atoms with Gasteiger partial charge in [-0.2, -0.15) is 0 Å². The molecule has 40 heavy (non-hydrogen) atoms. The Morgan fingerprint density at radius 3 is 2.35 bits per heavy atom. The van der Waals surface area contributed by atoms with Gasteiger partial charge in [-0.15, -0.1) is 0 Å². The van der Waals surface area contributed by atoms with E-state index >= 15 is 0 Å². The minimum atomic E-state index is -1.07. The number of urea groups is 1. The predicted molar refractivity (Wildman–Crippen MR) is 159 cm³/mol. The summed E-state index contributed by atoms with van der Waals surface area (Å²) in [5, 5.41) is 21.1. The van der Waals surface area contributed by atoms with Crippen molar-refractivity contribution >= 4 is 62.7 Å². The van der Waals surface area contributed by atoms with E-state index in [-0.39, 0.29) is 11.9 Å². The Balaban J connectivity index is 1.40. The summed E-state index contributed by atoms with van der Waals surface area (Å²) in [6.45, 7) is 3.69. The van der Waals surface area contributed by atoms with E-state index in [1.54, 1.807) is 42.6 Å². The number of nitrogens with zero attached hydrogens (tertiary/aromatic N) is 1.